The predicted octanol–water partition coefficient (Wildman–Crippen LogP) is 1.89. The van der Waals surface area contributed by atoms with Gasteiger partial charge in [0.2, 0.25) is 5.91 Å². The number of hydrogen-bond donors (Lipinski definition) is 1. The molecular formula is C16H18N2O3. The van der Waals surface area contributed by atoms with Gasteiger partial charge in [0.15, 0.2) is 0 Å². The smallest absolute Gasteiger partial charge is 0.328 e. The number of esters is 1. The normalized spacial score (nSPS) is 12.0. The van der Waals surface area contributed by atoms with Crippen LogP contribution in [0.3, 0.4) is 0 Å². The zero-order valence-electron chi connectivity index (χ0n) is 12.3. The lowest BCUT2D eigenvalue weighted by Crippen LogP contribution is -2.44. The minimum Gasteiger partial charge on any atom is -0.467 e. The van der Waals surface area contributed by atoms with Crippen LogP contribution in [0.5, 0.6) is 0 Å². The molecule has 0 saturated heterocycles. The summed E-state index contributed by atoms with van der Waals surface area (Å²) in [5.41, 5.74) is 1.26. The predicted molar refractivity (Wildman–Crippen MR) is 79.0 cm³/mol. The van der Waals surface area contributed by atoms with E-state index >= 15 is 0 Å². The fraction of sp³-hybridized carbons (Fsp3) is 0.312. The van der Waals surface area contributed by atoms with Crippen LogP contribution in [0.1, 0.15) is 25.0 Å². The van der Waals surface area contributed by atoms with Crippen molar-refractivity contribution in [1.82, 2.24) is 5.32 Å². The molecule has 21 heavy (non-hydrogen) atoms. The topological polar surface area (TPSA) is 79.2 Å². The first-order chi connectivity index (χ1) is 9.97. The SMILES string of the molecule is COC(=O)C(NC(=O)/C=C/c1cccc(C#N)c1)C(C)C. The van der Waals surface area contributed by atoms with Gasteiger partial charge in [-0.25, -0.2) is 4.79 Å². The van der Waals surface area contributed by atoms with Gasteiger partial charge in [-0.15, -0.1) is 0 Å². The molecule has 0 aliphatic heterocycles. The van der Waals surface area contributed by atoms with E-state index in [0.29, 0.717) is 5.56 Å². The zero-order valence-corrected chi connectivity index (χ0v) is 12.3. The monoisotopic (exact) mass is 286 g/mol. The number of carbonyl (C=O) groups is 2. The second-order valence-electron chi connectivity index (χ2n) is 4.82. The quantitative estimate of drug-likeness (QED) is 0.662. The van der Waals surface area contributed by atoms with Crippen molar-refractivity contribution in [3.8, 4) is 6.07 Å². The molecule has 0 spiro atoms. The zero-order chi connectivity index (χ0) is 15.8. The number of amides is 1. The van der Waals surface area contributed by atoms with Crippen LogP contribution in [0.2, 0.25) is 0 Å². The largest absolute Gasteiger partial charge is 0.467 e. The summed E-state index contributed by atoms with van der Waals surface area (Å²) in [6, 6.07) is 8.22. The van der Waals surface area contributed by atoms with Crippen molar-refractivity contribution in [1.29, 1.82) is 5.26 Å². The summed E-state index contributed by atoms with van der Waals surface area (Å²) < 4.78 is 4.65. The number of nitrogens with zero attached hydrogens (tertiary/aromatic N) is 1. The summed E-state index contributed by atoms with van der Waals surface area (Å²) >= 11 is 0. The van der Waals surface area contributed by atoms with E-state index < -0.39 is 12.0 Å². The van der Waals surface area contributed by atoms with Crippen molar-refractivity contribution in [3.63, 3.8) is 0 Å². The van der Waals surface area contributed by atoms with Gasteiger partial charge in [0.25, 0.3) is 0 Å². The Kier molecular flexibility index (Phi) is 6.15. The lowest BCUT2D eigenvalue weighted by atomic mass is 10.0. The minimum atomic E-state index is -0.683. The Morgan fingerprint density at radius 1 is 1.38 bits per heavy atom. The van der Waals surface area contributed by atoms with Gasteiger partial charge in [0.1, 0.15) is 6.04 Å². The third kappa shape index (κ3) is 5.11. The summed E-state index contributed by atoms with van der Waals surface area (Å²) in [5.74, 6) is -0.934. The van der Waals surface area contributed by atoms with Gasteiger partial charge in [-0.2, -0.15) is 5.26 Å². The van der Waals surface area contributed by atoms with E-state index in [2.05, 4.69) is 10.1 Å². The van der Waals surface area contributed by atoms with E-state index in [1.54, 1.807) is 30.3 Å². The Labute approximate surface area is 124 Å². The molecule has 0 aliphatic rings. The van der Waals surface area contributed by atoms with Crippen LogP contribution in [-0.2, 0) is 14.3 Å². The Morgan fingerprint density at radius 2 is 2.10 bits per heavy atom. The van der Waals surface area contributed by atoms with E-state index in [-0.39, 0.29) is 11.8 Å². The average Bonchev–Trinajstić information content (AvgIpc) is 2.49. The second kappa shape index (κ2) is 7.85. The van der Waals surface area contributed by atoms with Crippen LogP contribution in [0, 0.1) is 17.2 Å². The molecule has 0 saturated carbocycles. The lowest BCUT2D eigenvalue weighted by molar-refractivity contribution is -0.145. The highest BCUT2D eigenvalue weighted by Gasteiger charge is 2.23. The summed E-state index contributed by atoms with van der Waals surface area (Å²) in [4.78, 5) is 23.4. The number of ether oxygens (including phenoxy) is 1. The van der Waals surface area contributed by atoms with Gasteiger partial charge in [-0.1, -0.05) is 26.0 Å². The number of methoxy groups -OCH3 is 1. The van der Waals surface area contributed by atoms with E-state index in [1.165, 1.54) is 13.2 Å². The molecule has 1 N–H and O–H groups in total. The van der Waals surface area contributed by atoms with Crippen LogP contribution < -0.4 is 5.32 Å². The molecular weight excluding hydrogens is 268 g/mol. The molecule has 0 aliphatic carbocycles. The standard InChI is InChI=1S/C16H18N2O3/c1-11(2)15(16(20)21-3)18-14(19)8-7-12-5-4-6-13(9-12)10-17/h4-9,11,15H,1-3H3,(H,18,19)/b8-7+. The van der Waals surface area contributed by atoms with E-state index in [0.717, 1.165) is 5.56 Å². The molecule has 0 bridgehead atoms. The number of benzene rings is 1. The van der Waals surface area contributed by atoms with Gasteiger partial charge >= 0.3 is 5.97 Å². The van der Waals surface area contributed by atoms with Crippen LogP contribution in [-0.4, -0.2) is 25.0 Å². The Morgan fingerprint density at radius 3 is 2.67 bits per heavy atom. The van der Waals surface area contributed by atoms with Gasteiger partial charge < -0.3 is 10.1 Å². The molecule has 0 fully saturated rings. The van der Waals surface area contributed by atoms with Crippen molar-refractivity contribution < 1.29 is 14.3 Å². The third-order valence-electron chi connectivity index (χ3n) is 2.86. The van der Waals surface area contributed by atoms with Gasteiger partial charge in [0.05, 0.1) is 18.7 Å². The van der Waals surface area contributed by atoms with Crippen LogP contribution in [0.25, 0.3) is 6.08 Å². The second-order valence-corrected chi connectivity index (χ2v) is 4.82. The number of carbonyl (C=O) groups excluding carboxylic acids is 2. The number of nitriles is 1. The van der Waals surface area contributed by atoms with Gasteiger partial charge in [0, 0.05) is 6.08 Å². The maximum absolute atomic E-state index is 11.8. The van der Waals surface area contributed by atoms with E-state index in [1.807, 2.05) is 19.9 Å². The molecule has 1 unspecified atom stereocenters. The average molecular weight is 286 g/mol. The molecule has 110 valence electrons. The molecule has 0 radical (unpaired) electrons. The lowest BCUT2D eigenvalue weighted by Gasteiger charge is -2.18. The van der Waals surface area contributed by atoms with Crippen molar-refractivity contribution in [2.45, 2.75) is 19.9 Å². The number of rotatable bonds is 5. The number of nitrogens with one attached hydrogen (secondary N) is 1. The first-order valence-corrected chi connectivity index (χ1v) is 6.54. The van der Waals surface area contributed by atoms with E-state index in [4.69, 9.17) is 5.26 Å². The molecule has 1 rings (SSSR count). The van der Waals surface area contributed by atoms with Crippen LogP contribution in [0.4, 0.5) is 0 Å². The van der Waals surface area contributed by atoms with Crippen LogP contribution >= 0.6 is 0 Å². The highest BCUT2D eigenvalue weighted by molar-refractivity contribution is 5.94. The highest BCUT2D eigenvalue weighted by atomic mass is 16.5. The maximum atomic E-state index is 11.8. The van der Waals surface area contributed by atoms with Crippen molar-refractivity contribution in [2.24, 2.45) is 5.92 Å². The first-order valence-electron chi connectivity index (χ1n) is 6.54. The van der Waals surface area contributed by atoms with Gasteiger partial charge in [-0.3, -0.25) is 4.79 Å². The molecule has 1 aromatic carbocycles. The van der Waals surface area contributed by atoms with Crippen molar-refractivity contribution in [3.05, 3.63) is 41.5 Å². The molecule has 5 nitrogen and oxygen atoms in total. The fourth-order valence-electron chi connectivity index (χ4n) is 1.71. The molecule has 0 heterocycles. The molecule has 0 aromatic heterocycles. The summed E-state index contributed by atoms with van der Waals surface area (Å²) in [7, 11) is 1.28. The maximum Gasteiger partial charge on any atom is 0.328 e. The third-order valence-corrected chi connectivity index (χ3v) is 2.86. The summed E-state index contributed by atoms with van der Waals surface area (Å²) in [6.07, 6.45) is 2.92. The Hall–Kier alpha value is -2.61. The van der Waals surface area contributed by atoms with Crippen molar-refractivity contribution >= 4 is 18.0 Å². The van der Waals surface area contributed by atoms with Crippen molar-refractivity contribution in [2.75, 3.05) is 7.11 Å². The summed E-state index contributed by atoms with van der Waals surface area (Å²) in [6.45, 7) is 3.64. The Balaban J connectivity index is 2.73. The molecule has 1 amide bonds. The molecule has 5 heteroatoms. The molecule has 1 atom stereocenters. The van der Waals surface area contributed by atoms with Gasteiger partial charge in [-0.05, 0) is 29.7 Å². The molecule has 1 aromatic rings. The van der Waals surface area contributed by atoms with Crippen LogP contribution in [0.15, 0.2) is 30.3 Å². The number of hydrogen-bond acceptors (Lipinski definition) is 4. The Bertz CT molecular complexity index is 585. The highest BCUT2D eigenvalue weighted by Crippen LogP contribution is 2.07. The summed E-state index contributed by atoms with van der Waals surface area (Å²) in [5, 5.41) is 11.4. The minimum absolute atomic E-state index is 0.0725. The van der Waals surface area contributed by atoms with E-state index in [9.17, 15) is 9.59 Å². The first kappa shape index (κ1) is 16.4. The fourth-order valence-corrected chi connectivity index (χ4v) is 1.71.